The number of hydrazine groups is 1. The topological polar surface area (TPSA) is 148 Å². The van der Waals surface area contributed by atoms with Gasteiger partial charge in [-0.15, -0.1) is 4.68 Å². The van der Waals surface area contributed by atoms with Gasteiger partial charge in [-0.3, -0.25) is 0 Å². The molecule has 0 aliphatic heterocycles. The molecule has 0 aliphatic carbocycles. The number of alkyl halides is 3. The van der Waals surface area contributed by atoms with Gasteiger partial charge in [-0.2, -0.15) is 31.0 Å². The van der Waals surface area contributed by atoms with Crippen LogP contribution in [-0.4, -0.2) is 64.1 Å². The Morgan fingerprint density at radius 3 is 2.45 bits per heavy atom. The second kappa shape index (κ2) is 5.17. The fourth-order valence-corrected chi connectivity index (χ4v) is 2.00. The van der Waals surface area contributed by atoms with Crippen LogP contribution in [0.4, 0.5) is 23.9 Å². The molecule has 0 fully saturated rings. The Balaban J connectivity index is 3.50. The smallest absolute Gasteiger partial charge is 0.463 e. The average Bonchev–Trinajstić information content (AvgIpc) is 2.76. The molecular formula is C5H8F3N7O4S. The molecule has 0 amide bonds. The van der Waals surface area contributed by atoms with Crippen molar-refractivity contribution in [3.05, 3.63) is 0 Å². The minimum atomic E-state index is -5.98. The van der Waals surface area contributed by atoms with Crippen molar-refractivity contribution < 1.29 is 31.5 Å². The summed E-state index contributed by atoms with van der Waals surface area (Å²) in [5.74, 6) is -1.19. The van der Waals surface area contributed by atoms with E-state index in [-0.39, 0.29) is 4.68 Å². The molecular weight excluding hydrogens is 311 g/mol. The van der Waals surface area contributed by atoms with Gasteiger partial charge in [0.05, 0.1) is 6.67 Å². The quantitative estimate of drug-likeness (QED) is 0.389. The molecule has 0 bridgehead atoms. The molecule has 0 aliphatic rings. The minimum absolute atomic E-state index is 0.143. The maximum Gasteiger partial charge on any atom is 0.518 e. The Morgan fingerprint density at radius 2 is 2.05 bits per heavy atom. The summed E-state index contributed by atoms with van der Waals surface area (Å²) in [5.41, 5.74) is -0.630. The first-order valence-electron chi connectivity index (χ1n) is 4.58. The molecule has 11 nitrogen and oxygen atoms in total. The highest BCUT2D eigenvalue weighted by atomic mass is 32.2. The third-order valence-electron chi connectivity index (χ3n) is 1.90. The van der Waals surface area contributed by atoms with Crippen molar-refractivity contribution in [2.24, 2.45) is 5.73 Å². The van der Waals surface area contributed by atoms with Crippen LogP contribution in [0.1, 0.15) is 0 Å². The Hall–Kier alpha value is -2.00. The zero-order valence-corrected chi connectivity index (χ0v) is 10.5. The number of carboxylic acid groups (broad SMARTS) is 1. The molecule has 1 heterocycles. The van der Waals surface area contributed by atoms with Crippen LogP contribution >= 0.6 is 0 Å². The Bertz CT molecular complexity index is 598. The van der Waals surface area contributed by atoms with Gasteiger partial charge >= 0.3 is 21.6 Å². The SMILES string of the molecule is CN(CN)N(c1nnnn1C(=O)O)S(=O)(=O)C(F)(F)F. The monoisotopic (exact) mass is 319 g/mol. The molecule has 3 N–H and O–H groups in total. The number of aromatic nitrogens is 4. The summed E-state index contributed by atoms with van der Waals surface area (Å²) in [7, 11) is -5.10. The molecule has 0 aromatic carbocycles. The van der Waals surface area contributed by atoms with Crippen LogP contribution < -0.4 is 10.1 Å². The maximum absolute atomic E-state index is 12.6. The summed E-state index contributed by atoms with van der Waals surface area (Å²) >= 11 is 0. The van der Waals surface area contributed by atoms with Gasteiger partial charge in [0, 0.05) is 7.05 Å². The van der Waals surface area contributed by atoms with E-state index in [1.807, 2.05) is 0 Å². The van der Waals surface area contributed by atoms with Crippen LogP contribution in [0.3, 0.4) is 0 Å². The molecule has 1 rings (SSSR count). The number of anilines is 1. The normalized spacial score (nSPS) is 12.7. The highest BCUT2D eigenvalue weighted by molar-refractivity contribution is 7.93. The summed E-state index contributed by atoms with van der Waals surface area (Å²) in [6, 6.07) is 0. The first kappa shape index (κ1) is 16.1. The summed E-state index contributed by atoms with van der Waals surface area (Å²) in [6.45, 7) is -0.679. The van der Waals surface area contributed by atoms with Crippen LogP contribution in [-0.2, 0) is 10.0 Å². The first-order chi connectivity index (χ1) is 9.04. The molecule has 15 heteroatoms. The van der Waals surface area contributed by atoms with Crippen LogP contribution in [0, 0.1) is 0 Å². The highest BCUT2D eigenvalue weighted by Crippen LogP contribution is 2.30. The van der Waals surface area contributed by atoms with E-state index in [2.05, 4.69) is 15.5 Å². The van der Waals surface area contributed by atoms with Gasteiger partial charge in [-0.25, -0.2) is 4.79 Å². The van der Waals surface area contributed by atoms with E-state index in [1.165, 1.54) is 0 Å². The lowest BCUT2D eigenvalue weighted by Crippen LogP contribution is -2.53. The predicted molar refractivity (Wildman–Crippen MR) is 55.5 cm³/mol. The summed E-state index contributed by atoms with van der Waals surface area (Å²) in [4.78, 5) is 10.7. The van der Waals surface area contributed by atoms with E-state index in [9.17, 15) is 26.4 Å². The minimum Gasteiger partial charge on any atom is -0.463 e. The number of tetrazole rings is 1. The molecule has 0 spiro atoms. The van der Waals surface area contributed by atoms with Gasteiger partial charge in [0.1, 0.15) is 0 Å². The number of hydrogen-bond acceptors (Lipinski definition) is 8. The third kappa shape index (κ3) is 2.63. The third-order valence-corrected chi connectivity index (χ3v) is 3.38. The van der Waals surface area contributed by atoms with Crippen molar-refractivity contribution in [2.45, 2.75) is 5.51 Å². The lowest BCUT2D eigenvalue weighted by molar-refractivity contribution is -0.0451. The number of carbonyl (C=O) groups is 1. The number of hydrogen-bond donors (Lipinski definition) is 2. The number of nitrogens with two attached hydrogens (primary N) is 1. The Kier molecular flexibility index (Phi) is 4.15. The maximum atomic E-state index is 12.6. The molecule has 20 heavy (non-hydrogen) atoms. The Morgan fingerprint density at radius 1 is 1.50 bits per heavy atom. The molecule has 114 valence electrons. The zero-order chi connectivity index (χ0) is 15.7. The van der Waals surface area contributed by atoms with Crippen LogP contribution in [0.2, 0.25) is 0 Å². The average molecular weight is 319 g/mol. The molecule has 1 aromatic heterocycles. The van der Waals surface area contributed by atoms with Gasteiger partial charge in [0.25, 0.3) is 5.95 Å². The molecule has 0 atom stereocenters. The molecule has 0 radical (unpaired) electrons. The number of halogens is 3. The molecule has 0 unspecified atom stereocenters. The molecule has 0 saturated heterocycles. The van der Waals surface area contributed by atoms with Gasteiger partial charge in [0.2, 0.25) is 0 Å². The van der Waals surface area contributed by atoms with E-state index >= 15 is 0 Å². The van der Waals surface area contributed by atoms with Gasteiger partial charge in [-0.05, 0) is 10.4 Å². The second-order valence-electron chi connectivity index (χ2n) is 3.21. The standard InChI is InChI=1S/C5H8F3N7O4S/c1-13(2-9)15(20(18,19)5(6,7)8)3-10-11-12-14(3)4(16)17/h2,9H2,1H3,(H,16,17). The van der Waals surface area contributed by atoms with Crippen molar-refractivity contribution in [2.75, 3.05) is 18.1 Å². The molecule has 1 aromatic rings. The lowest BCUT2D eigenvalue weighted by Gasteiger charge is -2.29. The summed E-state index contributed by atoms with van der Waals surface area (Å²) in [6.07, 6.45) is -1.88. The van der Waals surface area contributed by atoms with Crippen LogP contribution in [0.5, 0.6) is 0 Å². The predicted octanol–water partition coefficient (Wildman–Crippen LogP) is -1.38. The van der Waals surface area contributed by atoms with Gasteiger partial charge in [0.15, 0.2) is 0 Å². The first-order valence-corrected chi connectivity index (χ1v) is 6.02. The van der Waals surface area contributed by atoms with Gasteiger partial charge < -0.3 is 10.8 Å². The van der Waals surface area contributed by atoms with Crippen molar-refractivity contribution in [3.8, 4) is 0 Å². The van der Waals surface area contributed by atoms with E-state index in [0.717, 1.165) is 7.05 Å². The number of nitrogens with zero attached hydrogens (tertiary/aromatic N) is 6. The van der Waals surface area contributed by atoms with Crippen LogP contribution in [0.15, 0.2) is 0 Å². The summed E-state index contributed by atoms with van der Waals surface area (Å²) < 4.78 is 60.0. The summed E-state index contributed by atoms with van der Waals surface area (Å²) in [5, 5.41) is 17.7. The number of sulfonamides is 1. The fourth-order valence-electron chi connectivity index (χ4n) is 1.04. The van der Waals surface area contributed by atoms with Crippen molar-refractivity contribution in [3.63, 3.8) is 0 Å². The van der Waals surface area contributed by atoms with Crippen molar-refractivity contribution >= 4 is 22.1 Å². The fraction of sp³-hybridized carbons (Fsp3) is 0.600. The zero-order valence-electron chi connectivity index (χ0n) is 9.68. The second-order valence-corrected chi connectivity index (χ2v) is 4.97. The lowest BCUT2D eigenvalue weighted by atomic mass is 10.9. The number of rotatable bonds is 4. The van der Waals surface area contributed by atoms with Crippen molar-refractivity contribution in [1.82, 2.24) is 25.2 Å². The largest absolute Gasteiger partial charge is 0.518 e. The highest BCUT2D eigenvalue weighted by Gasteiger charge is 2.53. The van der Waals surface area contributed by atoms with E-state index in [1.54, 1.807) is 0 Å². The van der Waals surface area contributed by atoms with Gasteiger partial charge in [-0.1, -0.05) is 5.10 Å². The van der Waals surface area contributed by atoms with E-state index in [4.69, 9.17) is 10.8 Å². The molecule has 0 saturated carbocycles. The Labute approximate surface area is 109 Å². The van der Waals surface area contributed by atoms with Crippen molar-refractivity contribution in [1.29, 1.82) is 0 Å². The van der Waals surface area contributed by atoms with E-state index in [0.29, 0.717) is 5.01 Å². The van der Waals surface area contributed by atoms with Crippen LogP contribution in [0.25, 0.3) is 0 Å². The van der Waals surface area contributed by atoms with E-state index < -0.39 is 38.7 Å².